The number of carbonyl (C=O) groups is 2. The van der Waals surface area contributed by atoms with Crippen LogP contribution in [0.15, 0.2) is 54.7 Å². The van der Waals surface area contributed by atoms with Crippen molar-refractivity contribution in [3.63, 3.8) is 0 Å². The molecule has 0 spiro atoms. The molecule has 2 amide bonds. The molecule has 0 radical (unpaired) electrons. The SMILES string of the molecule is NC(=O)c1cnc(Nc2cccc(N3CCCC(C(N)=O)C3)c2)cc1NCc1cc(F)cc(F)c1. The molecule has 35 heavy (non-hydrogen) atoms. The fourth-order valence-corrected chi connectivity index (χ4v) is 4.15. The van der Waals surface area contributed by atoms with Crippen molar-refractivity contribution in [2.24, 2.45) is 17.4 Å². The number of hydrogen-bond donors (Lipinski definition) is 4. The van der Waals surface area contributed by atoms with E-state index in [0.29, 0.717) is 23.6 Å². The number of nitrogens with one attached hydrogen (secondary N) is 2. The number of aromatic nitrogens is 1. The summed E-state index contributed by atoms with van der Waals surface area (Å²) in [7, 11) is 0. The fraction of sp³-hybridized carbons (Fsp3) is 0.240. The molecule has 0 saturated carbocycles. The van der Waals surface area contributed by atoms with E-state index >= 15 is 0 Å². The summed E-state index contributed by atoms with van der Waals surface area (Å²) >= 11 is 0. The van der Waals surface area contributed by atoms with E-state index in [9.17, 15) is 18.4 Å². The molecule has 1 unspecified atom stereocenters. The highest BCUT2D eigenvalue weighted by Crippen LogP contribution is 2.28. The van der Waals surface area contributed by atoms with Gasteiger partial charge in [-0.1, -0.05) is 6.07 Å². The van der Waals surface area contributed by atoms with E-state index in [-0.39, 0.29) is 23.9 Å². The van der Waals surface area contributed by atoms with Gasteiger partial charge in [-0.3, -0.25) is 9.59 Å². The molecule has 1 saturated heterocycles. The molecule has 1 aliphatic heterocycles. The van der Waals surface area contributed by atoms with Crippen molar-refractivity contribution in [3.05, 3.63) is 77.5 Å². The van der Waals surface area contributed by atoms with Crippen LogP contribution in [0.1, 0.15) is 28.8 Å². The summed E-state index contributed by atoms with van der Waals surface area (Å²) in [4.78, 5) is 29.9. The number of nitrogens with two attached hydrogens (primary N) is 2. The molecule has 4 rings (SSSR count). The number of nitrogens with zero attached hydrogens (tertiary/aromatic N) is 2. The molecule has 8 nitrogen and oxygen atoms in total. The van der Waals surface area contributed by atoms with Gasteiger partial charge in [0.25, 0.3) is 5.91 Å². The number of carbonyl (C=O) groups excluding carboxylic acids is 2. The largest absolute Gasteiger partial charge is 0.380 e. The molecule has 1 atom stereocenters. The van der Waals surface area contributed by atoms with Crippen LogP contribution in [0.25, 0.3) is 0 Å². The van der Waals surface area contributed by atoms with Crippen LogP contribution in [-0.4, -0.2) is 29.9 Å². The molecule has 1 aromatic heterocycles. The smallest absolute Gasteiger partial charge is 0.252 e. The zero-order chi connectivity index (χ0) is 24.9. The molecule has 1 aliphatic rings. The van der Waals surface area contributed by atoms with E-state index in [2.05, 4.69) is 20.5 Å². The van der Waals surface area contributed by atoms with Crippen LogP contribution in [0.2, 0.25) is 0 Å². The van der Waals surface area contributed by atoms with Crippen LogP contribution in [0.5, 0.6) is 0 Å². The van der Waals surface area contributed by atoms with Gasteiger partial charge in [0.15, 0.2) is 0 Å². The van der Waals surface area contributed by atoms with Crippen molar-refractivity contribution in [2.75, 3.05) is 28.6 Å². The Kier molecular flexibility index (Phi) is 7.09. The van der Waals surface area contributed by atoms with Gasteiger partial charge in [-0.05, 0) is 48.7 Å². The fourth-order valence-electron chi connectivity index (χ4n) is 4.15. The van der Waals surface area contributed by atoms with E-state index < -0.39 is 17.5 Å². The average molecular weight is 481 g/mol. The molecule has 3 aromatic rings. The summed E-state index contributed by atoms with van der Waals surface area (Å²) in [6.45, 7) is 1.47. The van der Waals surface area contributed by atoms with Crippen LogP contribution in [0.4, 0.5) is 31.7 Å². The Labute approximate surface area is 201 Å². The number of hydrogen-bond acceptors (Lipinski definition) is 6. The standard InChI is InChI=1S/C25H26F2N6O2/c26-17-7-15(8-18(27)9-17)12-30-22-11-23(31-13-21(22)25(29)35)32-19-4-1-5-20(10-19)33-6-2-3-16(14-33)24(28)34/h1,4-5,7-11,13,16H,2-3,6,12,14H2,(H2,28,34)(H2,29,35)(H2,30,31,32). The second-order valence-corrected chi connectivity index (χ2v) is 8.47. The lowest BCUT2D eigenvalue weighted by Gasteiger charge is -2.33. The predicted molar refractivity (Wildman–Crippen MR) is 130 cm³/mol. The van der Waals surface area contributed by atoms with Crippen LogP contribution in [-0.2, 0) is 11.3 Å². The summed E-state index contributed by atoms with van der Waals surface area (Å²) in [5.74, 6) is -2.09. The molecule has 10 heteroatoms. The van der Waals surface area contributed by atoms with Gasteiger partial charge >= 0.3 is 0 Å². The maximum absolute atomic E-state index is 13.5. The third kappa shape index (κ3) is 6.03. The molecule has 0 bridgehead atoms. The van der Waals surface area contributed by atoms with Crippen LogP contribution >= 0.6 is 0 Å². The molecule has 182 valence electrons. The number of benzene rings is 2. The zero-order valence-corrected chi connectivity index (χ0v) is 18.9. The highest BCUT2D eigenvalue weighted by Gasteiger charge is 2.24. The van der Waals surface area contributed by atoms with Crippen molar-refractivity contribution in [1.29, 1.82) is 0 Å². The number of amides is 2. The third-order valence-corrected chi connectivity index (χ3v) is 5.88. The lowest BCUT2D eigenvalue weighted by molar-refractivity contribution is -0.122. The van der Waals surface area contributed by atoms with Gasteiger partial charge in [0.2, 0.25) is 5.91 Å². The van der Waals surface area contributed by atoms with Crippen molar-refractivity contribution in [3.8, 4) is 0 Å². The Hall–Kier alpha value is -4.21. The molecule has 0 aliphatic carbocycles. The topological polar surface area (TPSA) is 126 Å². The maximum atomic E-state index is 13.5. The number of anilines is 4. The van der Waals surface area contributed by atoms with Crippen molar-refractivity contribution in [1.82, 2.24) is 4.98 Å². The van der Waals surface area contributed by atoms with Gasteiger partial charge in [0, 0.05) is 49.3 Å². The number of piperidine rings is 1. The lowest BCUT2D eigenvalue weighted by atomic mass is 9.97. The Bertz CT molecular complexity index is 1230. The monoisotopic (exact) mass is 480 g/mol. The first kappa shape index (κ1) is 23.9. The second-order valence-electron chi connectivity index (χ2n) is 8.47. The Balaban J connectivity index is 1.52. The minimum Gasteiger partial charge on any atom is -0.380 e. The van der Waals surface area contributed by atoms with Gasteiger partial charge in [-0.2, -0.15) is 0 Å². The number of pyridine rings is 1. The first-order valence-corrected chi connectivity index (χ1v) is 11.2. The molecule has 2 aromatic carbocycles. The number of rotatable bonds is 8. The maximum Gasteiger partial charge on any atom is 0.252 e. The zero-order valence-electron chi connectivity index (χ0n) is 18.9. The minimum absolute atomic E-state index is 0.0733. The summed E-state index contributed by atoms with van der Waals surface area (Å²) in [5, 5.41) is 6.20. The predicted octanol–water partition coefficient (Wildman–Crippen LogP) is 3.52. The highest BCUT2D eigenvalue weighted by molar-refractivity contribution is 5.98. The number of primary amides is 2. The number of halogens is 2. The Morgan fingerprint density at radius 1 is 1.09 bits per heavy atom. The van der Waals surface area contributed by atoms with Gasteiger partial charge in [-0.25, -0.2) is 13.8 Å². The minimum atomic E-state index is -0.690. The van der Waals surface area contributed by atoms with Crippen LogP contribution in [0, 0.1) is 17.6 Å². The van der Waals surface area contributed by atoms with E-state index in [1.807, 2.05) is 24.3 Å². The van der Waals surface area contributed by atoms with Crippen molar-refractivity contribution < 1.29 is 18.4 Å². The van der Waals surface area contributed by atoms with Crippen LogP contribution < -0.4 is 27.0 Å². The summed E-state index contributed by atoms with van der Waals surface area (Å²) in [6.07, 6.45) is 3.01. The normalized spacial score (nSPS) is 15.5. The molecule has 2 heterocycles. The molecular weight excluding hydrogens is 454 g/mol. The first-order valence-electron chi connectivity index (χ1n) is 11.2. The van der Waals surface area contributed by atoms with Gasteiger partial charge in [-0.15, -0.1) is 0 Å². The molecule has 1 fully saturated rings. The quantitative estimate of drug-likeness (QED) is 0.391. The first-order chi connectivity index (χ1) is 16.8. The summed E-state index contributed by atoms with van der Waals surface area (Å²) in [5.41, 5.74) is 13.6. The van der Waals surface area contributed by atoms with Gasteiger partial charge in [0.1, 0.15) is 17.5 Å². The van der Waals surface area contributed by atoms with Gasteiger partial charge in [0.05, 0.1) is 17.2 Å². The molecule has 6 N–H and O–H groups in total. The molecular formula is C25H26F2N6O2. The van der Waals surface area contributed by atoms with Crippen molar-refractivity contribution in [2.45, 2.75) is 19.4 Å². The van der Waals surface area contributed by atoms with E-state index in [1.54, 1.807) is 6.07 Å². The lowest BCUT2D eigenvalue weighted by Crippen LogP contribution is -2.41. The van der Waals surface area contributed by atoms with Crippen LogP contribution in [0.3, 0.4) is 0 Å². The second kappa shape index (κ2) is 10.4. The van der Waals surface area contributed by atoms with E-state index in [0.717, 1.165) is 36.8 Å². The van der Waals surface area contributed by atoms with E-state index in [4.69, 9.17) is 11.5 Å². The highest BCUT2D eigenvalue weighted by atomic mass is 19.1. The summed E-state index contributed by atoms with van der Waals surface area (Å²) < 4.78 is 27.0. The van der Waals surface area contributed by atoms with Crippen molar-refractivity contribution >= 4 is 34.7 Å². The van der Waals surface area contributed by atoms with E-state index in [1.165, 1.54) is 18.3 Å². The average Bonchev–Trinajstić information content (AvgIpc) is 2.82. The summed E-state index contributed by atoms with van der Waals surface area (Å²) in [6, 6.07) is 12.5. The Morgan fingerprint density at radius 2 is 1.86 bits per heavy atom. The van der Waals surface area contributed by atoms with Gasteiger partial charge < -0.3 is 27.0 Å². The Morgan fingerprint density at radius 3 is 2.57 bits per heavy atom. The third-order valence-electron chi connectivity index (χ3n) is 5.88.